The maximum Gasteiger partial charge on any atom is 0.160 e. The SMILES string of the molecule is CC(O)C#Cc1csc(C=O)c1. The molecule has 0 aliphatic rings. The molecule has 1 atom stereocenters. The van der Waals surface area contributed by atoms with Gasteiger partial charge in [0.1, 0.15) is 6.10 Å². The Bertz CT molecular complexity index is 328. The lowest BCUT2D eigenvalue weighted by molar-refractivity contribution is 0.112. The summed E-state index contributed by atoms with van der Waals surface area (Å²) in [6.07, 6.45) is 0.169. The number of aldehydes is 1. The van der Waals surface area contributed by atoms with E-state index in [-0.39, 0.29) is 0 Å². The van der Waals surface area contributed by atoms with E-state index in [0.29, 0.717) is 4.88 Å². The summed E-state index contributed by atoms with van der Waals surface area (Å²) in [5, 5.41) is 10.6. The van der Waals surface area contributed by atoms with E-state index in [4.69, 9.17) is 5.11 Å². The standard InChI is InChI=1S/C9H8O2S/c1-7(11)2-3-8-4-9(5-10)12-6-8/h4-7,11H,1H3. The first-order chi connectivity index (χ1) is 5.72. The van der Waals surface area contributed by atoms with Gasteiger partial charge in [0, 0.05) is 10.9 Å². The van der Waals surface area contributed by atoms with Crippen LogP contribution in [0.3, 0.4) is 0 Å². The van der Waals surface area contributed by atoms with E-state index in [0.717, 1.165) is 11.8 Å². The highest BCUT2D eigenvalue weighted by molar-refractivity contribution is 7.11. The zero-order chi connectivity index (χ0) is 8.97. The molecule has 12 heavy (non-hydrogen) atoms. The van der Waals surface area contributed by atoms with Crippen LogP contribution >= 0.6 is 11.3 Å². The summed E-state index contributed by atoms with van der Waals surface area (Å²) in [6.45, 7) is 1.60. The fourth-order valence-electron chi connectivity index (χ4n) is 0.668. The number of thiophene rings is 1. The van der Waals surface area contributed by atoms with Crippen LogP contribution in [-0.4, -0.2) is 17.5 Å². The Hall–Kier alpha value is -1.11. The van der Waals surface area contributed by atoms with Gasteiger partial charge in [0.25, 0.3) is 0 Å². The maximum atomic E-state index is 10.3. The number of carbonyl (C=O) groups excluding carboxylic acids is 1. The van der Waals surface area contributed by atoms with E-state index in [9.17, 15) is 4.79 Å². The Balaban J connectivity index is 2.78. The van der Waals surface area contributed by atoms with Gasteiger partial charge in [-0.25, -0.2) is 0 Å². The summed E-state index contributed by atoms with van der Waals surface area (Å²) in [7, 11) is 0. The third-order valence-electron chi connectivity index (χ3n) is 1.16. The van der Waals surface area contributed by atoms with Crippen molar-refractivity contribution in [2.45, 2.75) is 13.0 Å². The third kappa shape index (κ3) is 2.50. The largest absolute Gasteiger partial charge is 0.381 e. The highest BCUT2D eigenvalue weighted by Gasteiger charge is 1.94. The second-order valence-corrected chi connectivity index (χ2v) is 3.24. The Kier molecular flexibility index (Phi) is 3.03. The molecule has 0 bridgehead atoms. The first kappa shape index (κ1) is 8.98. The van der Waals surface area contributed by atoms with Crippen molar-refractivity contribution in [2.75, 3.05) is 0 Å². The molecule has 0 spiro atoms. The summed E-state index contributed by atoms with van der Waals surface area (Å²) < 4.78 is 0. The molecule has 1 aromatic heterocycles. The van der Waals surface area contributed by atoms with Gasteiger partial charge in [-0.05, 0) is 13.0 Å². The third-order valence-corrected chi connectivity index (χ3v) is 2.02. The molecule has 0 radical (unpaired) electrons. The second kappa shape index (κ2) is 4.05. The molecule has 1 heterocycles. The average Bonchev–Trinajstić information content (AvgIpc) is 2.48. The van der Waals surface area contributed by atoms with E-state index >= 15 is 0 Å². The predicted molar refractivity (Wildman–Crippen MR) is 48.3 cm³/mol. The first-order valence-electron chi connectivity index (χ1n) is 3.45. The summed E-state index contributed by atoms with van der Waals surface area (Å²) in [5.74, 6) is 5.35. The lowest BCUT2D eigenvalue weighted by atomic mass is 10.3. The fraction of sp³-hybridized carbons (Fsp3) is 0.222. The molecule has 0 aliphatic carbocycles. The predicted octanol–water partition coefficient (Wildman–Crippen LogP) is 1.29. The van der Waals surface area contributed by atoms with Crippen LogP contribution in [0.4, 0.5) is 0 Å². The monoisotopic (exact) mass is 180 g/mol. The summed E-state index contributed by atoms with van der Waals surface area (Å²) in [5.41, 5.74) is 0.781. The van der Waals surface area contributed by atoms with Crippen LogP contribution in [0.15, 0.2) is 11.4 Å². The van der Waals surface area contributed by atoms with Crippen molar-refractivity contribution < 1.29 is 9.90 Å². The normalized spacial score (nSPS) is 11.5. The van der Waals surface area contributed by atoms with Gasteiger partial charge in [0.15, 0.2) is 6.29 Å². The van der Waals surface area contributed by atoms with Gasteiger partial charge in [-0.3, -0.25) is 4.79 Å². The van der Waals surface area contributed by atoms with Crippen LogP contribution in [0.25, 0.3) is 0 Å². The molecule has 62 valence electrons. The molecule has 1 N–H and O–H groups in total. The molecule has 1 unspecified atom stereocenters. The molecular formula is C9H8O2S. The Morgan fingerprint density at radius 2 is 2.50 bits per heavy atom. The van der Waals surface area contributed by atoms with Gasteiger partial charge < -0.3 is 5.11 Å². The van der Waals surface area contributed by atoms with Crippen LogP contribution in [-0.2, 0) is 0 Å². The van der Waals surface area contributed by atoms with Crippen molar-refractivity contribution >= 4 is 17.6 Å². The van der Waals surface area contributed by atoms with Crippen molar-refractivity contribution in [3.63, 3.8) is 0 Å². The van der Waals surface area contributed by atoms with Crippen LogP contribution in [0.1, 0.15) is 22.2 Å². The van der Waals surface area contributed by atoms with E-state index in [1.807, 2.05) is 0 Å². The van der Waals surface area contributed by atoms with Crippen molar-refractivity contribution in [2.24, 2.45) is 0 Å². The lowest BCUT2D eigenvalue weighted by Gasteiger charge is -1.85. The van der Waals surface area contributed by atoms with E-state index < -0.39 is 6.10 Å². The Morgan fingerprint density at radius 3 is 3.00 bits per heavy atom. The fourth-order valence-corrected chi connectivity index (χ4v) is 1.31. The smallest absolute Gasteiger partial charge is 0.160 e. The molecule has 0 saturated heterocycles. The van der Waals surface area contributed by atoms with Crippen LogP contribution < -0.4 is 0 Å². The summed E-state index contributed by atoms with van der Waals surface area (Å²) in [4.78, 5) is 10.9. The van der Waals surface area contributed by atoms with Crippen LogP contribution in [0.5, 0.6) is 0 Å². The number of hydrogen-bond acceptors (Lipinski definition) is 3. The molecule has 1 rings (SSSR count). The molecule has 0 aromatic carbocycles. The summed E-state index contributed by atoms with van der Waals surface area (Å²) >= 11 is 1.35. The molecule has 0 saturated carbocycles. The number of aliphatic hydroxyl groups excluding tert-OH is 1. The van der Waals surface area contributed by atoms with Crippen LogP contribution in [0.2, 0.25) is 0 Å². The van der Waals surface area contributed by atoms with E-state index in [1.54, 1.807) is 18.4 Å². The minimum Gasteiger partial charge on any atom is -0.381 e. The van der Waals surface area contributed by atoms with Gasteiger partial charge in [0.2, 0.25) is 0 Å². The zero-order valence-electron chi connectivity index (χ0n) is 6.57. The average molecular weight is 180 g/mol. The molecular weight excluding hydrogens is 172 g/mol. The highest BCUT2D eigenvalue weighted by Crippen LogP contribution is 2.10. The number of hydrogen-bond donors (Lipinski definition) is 1. The van der Waals surface area contributed by atoms with Crippen molar-refractivity contribution in [3.8, 4) is 11.8 Å². The number of rotatable bonds is 1. The van der Waals surface area contributed by atoms with Gasteiger partial charge in [-0.2, -0.15) is 0 Å². The Labute approximate surface area is 74.9 Å². The molecule has 0 amide bonds. The minimum atomic E-state index is -0.621. The minimum absolute atomic E-state index is 0.621. The van der Waals surface area contributed by atoms with Gasteiger partial charge in [-0.15, -0.1) is 11.3 Å². The van der Waals surface area contributed by atoms with Crippen molar-refractivity contribution in [1.29, 1.82) is 0 Å². The van der Waals surface area contributed by atoms with Crippen molar-refractivity contribution in [3.05, 3.63) is 21.9 Å². The highest BCUT2D eigenvalue weighted by atomic mass is 32.1. The molecule has 0 aliphatic heterocycles. The van der Waals surface area contributed by atoms with Gasteiger partial charge in [-0.1, -0.05) is 11.8 Å². The Morgan fingerprint density at radius 1 is 1.75 bits per heavy atom. The number of carbonyl (C=O) groups is 1. The topological polar surface area (TPSA) is 37.3 Å². The first-order valence-corrected chi connectivity index (χ1v) is 4.33. The van der Waals surface area contributed by atoms with Gasteiger partial charge in [0.05, 0.1) is 4.88 Å². The van der Waals surface area contributed by atoms with E-state index in [2.05, 4.69) is 11.8 Å². The van der Waals surface area contributed by atoms with Gasteiger partial charge >= 0.3 is 0 Å². The molecule has 3 heteroatoms. The lowest BCUT2D eigenvalue weighted by Crippen LogP contribution is -1.92. The second-order valence-electron chi connectivity index (χ2n) is 2.30. The number of aliphatic hydroxyl groups is 1. The van der Waals surface area contributed by atoms with Crippen molar-refractivity contribution in [1.82, 2.24) is 0 Å². The molecule has 1 aromatic rings. The zero-order valence-corrected chi connectivity index (χ0v) is 7.39. The van der Waals surface area contributed by atoms with E-state index in [1.165, 1.54) is 11.3 Å². The maximum absolute atomic E-state index is 10.3. The molecule has 0 fully saturated rings. The molecule has 2 nitrogen and oxygen atoms in total. The summed E-state index contributed by atoms with van der Waals surface area (Å²) in [6, 6.07) is 1.70. The van der Waals surface area contributed by atoms with Crippen LogP contribution in [0, 0.1) is 11.8 Å². The quantitative estimate of drug-likeness (QED) is 0.522.